The molecule has 4 aliphatic carbocycles. The Morgan fingerprint density at radius 2 is 1.69 bits per heavy atom. The zero-order valence-corrected chi connectivity index (χ0v) is 20.6. The van der Waals surface area contributed by atoms with Gasteiger partial charge in [-0.25, -0.2) is 9.78 Å². The molecular formula is C29H30ClN3O2. The summed E-state index contributed by atoms with van der Waals surface area (Å²) >= 11 is 6.79. The van der Waals surface area contributed by atoms with Gasteiger partial charge in [0.05, 0.1) is 10.7 Å². The highest BCUT2D eigenvalue weighted by Gasteiger charge is 2.51. The molecule has 0 unspecified atom stereocenters. The second kappa shape index (κ2) is 8.56. The monoisotopic (exact) mass is 487 g/mol. The summed E-state index contributed by atoms with van der Waals surface area (Å²) in [5.74, 6) is 2.14. The Morgan fingerprint density at radius 1 is 1.03 bits per heavy atom. The highest BCUT2D eigenvalue weighted by atomic mass is 35.5. The molecular weight excluding hydrogens is 458 g/mol. The van der Waals surface area contributed by atoms with E-state index in [9.17, 15) is 9.90 Å². The summed E-state index contributed by atoms with van der Waals surface area (Å²) in [4.78, 5) is 17.6. The van der Waals surface area contributed by atoms with Crippen LogP contribution in [0, 0.1) is 17.8 Å². The Kier molecular flexibility index (Phi) is 5.48. The molecule has 4 saturated carbocycles. The fraction of sp³-hybridized carbons (Fsp3) is 0.379. The Hall–Kier alpha value is -3.05. The molecule has 7 rings (SSSR count). The van der Waals surface area contributed by atoms with Crippen LogP contribution in [-0.4, -0.2) is 23.1 Å². The second-order valence-electron chi connectivity index (χ2n) is 10.8. The van der Waals surface area contributed by atoms with Crippen molar-refractivity contribution in [2.75, 3.05) is 17.3 Å². The van der Waals surface area contributed by atoms with E-state index in [0.29, 0.717) is 11.2 Å². The van der Waals surface area contributed by atoms with Gasteiger partial charge in [0.2, 0.25) is 0 Å². The van der Waals surface area contributed by atoms with Crippen LogP contribution in [0.4, 0.5) is 22.9 Å². The lowest BCUT2D eigenvalue weighted by atomic mass is 9.48. The number of aromatic carboxylic acids is 1. The van der Waals surface area contributed by atoms with Crippen LogP contribution in [0.25, 0.3) is 0 Å². The minimum atomic E-state index is -0.995. The highest BCUT2D eigenvalue weighted by Crippen LogP contribution is 2.61. The van der Waals surface area contributed by atoms with Gasteiger partial charge in [0.15, 0.2) is 0 Å². The van der Waals surface area contributed by atoms with Crippen LogP contribution < -0.4 is 10.2 Å². The molecule has 2 aromatic carbocycles. The Bertz CT molecular complexity index is 1240. The zero-order valence-electron chi connectivity index (χ0n) is 19.9. The van der Waals surface area contributed by atoms with Crippen molar-refractivity contribution < 1.29 is 9.90 Å². The number of hydrogen-bond donors (Lipinski definition) is 2. The van der Waals surface area contributed by atoms with E-state index in [1.165, 1.54) is 44.1 Å². The maximum absolute atomic E-state index is 11.6. The number of hydrogen-bond acceptors (Lipinski definition) is 4. The van der Waals surface area contributed by atoms with E-state index in [1.807, 2.05) is 31.3 Å². The normalized spacial score (nSPS) is 26.5. The van der Waals surface area contributed by atoms with Crippen molar-refractivity contribution in [1.29, 1.82) is 0 Å². The lowest BCUT2D eigenvalue weighted by molar-refractivity contribution is -0.00518. The third-order valence-electron chi connectivity index (χ3n) is 8.49. The summed E-state index contributed by atoms with van der Waals surface area (Å²) in [6.45, 7) is 0. The van der Waals surface area contributed by atoms with Crippen LogP contribution in [-0.2, 0) is 5.41 Å². The third kappa shape index (κ3) is 4.06. The van der Waals surface area contributed by atoms with Gasteiger partial charge < -0.3 is 15.3 Å². The standard InChI is InChI=1S/C29H30ClN3O2/c1-33(27-24(28(34)35)3-2-10-31-27)23-7-5-22(6-8-23)32-26-9-4-21(14-25(26)30)29-15-18-11-19(16-29)13-20(12-18)17-29/h2-10,14,18-20,32H,11-13,15-17H2,1H3,(H,34,35). The first-order chi connectivity index (χ1) is 16.9. The maximum Gasteiger partial charge on any atom is 0.339 e. The number of halogens is 1. The van der Waals surface area contributed by atoms with E-state index >= 15 is 0 Å². The number of pyridine rings is 1. The molecule has 180 valence electrons. The molecule has 1 aromatic heterocycles. The van der Waals surface area contributed by atoms with E-state index in [2.05, 4.69) is 28.5 Å². The van der Waals surface area contributed by atoms with Crippen LogP contribution in [0.1, 0.15) is 54.4 Å². The predicted molar refractivity (Wildman–Crippen MR) is 140 cm³/mol. The average molecular weight is 488 g/mol. The first-order valence-corrected chi connectivity index (χ1v) is 12.9. The molecule has 0 amide bonds. The third-order valence-corrected chi connectivity index (χ3v) is 8.80. The number of rotatable bonds is 6. The molecule has 2 N–H and O–H groups in total. The number of carboxylic acids is 1. The number of benzene rings is 2. The largest absolute Gasteiger partial charge is 0.478 e. The van der Waals surface area contributed by atoms with Crippen LogP contribution in [0.2, 0.25) is 5.02 Å². The van der Waals surface area contributed by atoms with Gasteiger partial charge in [-0.05, 0) is 116 Å². The summed E-state index contributed by atoms with van der Waals surface area (Å²) in [6, 6.07) is 17.6. The van der Waals surface area contributed by atoms with E-state index in [-0.39, 0.29) is 5.56 Å². The van der Waals surface area contributed by atoms with Gasteiger partial charge in [0.1, 0.15) is 11.4 Å². The topological polar surface area (TPSA) is 65.5 Å². The van der Waals surface area contributed by atoms with Crippen molar-refractivity contribution in [3.63, 3.8) is 0 Å². The predicted octanol–water partition coefficient (Wildman–Crippen LogP) is 7.41. The molecule has 35 heavy (non-hydrogen) atoms. The number of carbonyl (C=O) groups is 1. The number of aromatic nitrogens is 1. The second-order valence-corrected chi connectivity index (χ2v) is 11.2. The van der Waals surface area contributed by atoms with Gasteiger partial charge in [-0.1, -0.05) is 17.7 Å². The van der Waals surface area contributed by atoms with E-state index in [1.54, 1.807) is 23.2 Å². The fourth-order valence-corrected chi connectivity index (χ4v) is 7.52. The molecule has 0 aliphatic heterocycles. The molecule has 4 aliphatic rings. The summed E-state index contributed by atoms with van der Waals surface area (Å²) < 4.78 is 0. The van der Waals surface area contributed by atoms with E-state index in [4.69, 9.17) is 11.6 Å². The Labute approximate surface area is 211 Å². The van der Waals surface area contributed by atoms with Crippen molar-refractivity contribution in [3.8, 4) is 0 Å². The van der Waals surface area contributed by atoms with Crippen molar-refractivity contribution in [2.45, 2.75) is 43.9 Å². The molecule has 0 radical (unpaired) electrons. The molecule has 3 aromatic rings. The number of nitrogens with zero attached hydrogens (tertiary/aromatic N) is 2. The minimum Gasteiger partial charge on any atom is -0.478 e. The Balaban J connectivity index is 1.19. The molecule has 5 nitrogen and oxygen atoms in total. The van der Waals surface area contributed by atoms with Gasteiger partial charge in [-0.3, -0.25) is 0 Å². The summed E-state index contributed by atoms with van der Waals surface area (Å²) in [5.41, 5.74) is 4.60. The molecule has 4 fully saturated rings. The summed E-state index contributed by atoms with van der Waals surface area (Å²) in [6.07, 6.45) is 9.91. The van der Waals surface area contributed by atoms with Crippen molar-refractivity contribution in [3.05, 3.63) is 76.9 Å². The van der Waals surface area contributed by atoms with Crippen molar-refractivity contribution in [2.24, 2.45) is 17.8 Å². The van der Waals surface area contributed by atoms with Crippen LogP contribution in [0.5, 0.6) is 0 Å². The quantitative estimate of drug-likeness (QED) is 0.379. The van der Waals surface area contributed by atoms with Gasteiger partial charge in [0.25, 0.3) is 0 Å². The van der Waals surface area contributed by atoms with E-state index in [0.717, 1.165) is 39.8 Å². The molecule has 1 heterocycles. The number of carboxylic acid groups (broad SMARTS) is 1. The van der Waals surface area contributed by atoms with Crippen LogP contribution in [0.3, 0.4) is 0 Å². The molecule has 6 heteroatoms. The van der Waals surface area contributed by atoms with Gasteiger partial charge in [-0.2, -0.15) is 0 Å². The molecule has 4 bridgehead atoms. The number of nitrogens with one attached hydrogen (secondary N) is 1. The summed E-state index contributed by atoms with van der Waals surface area (Å²) in [7, 11) is 1.82. The number of anilines is 4. The van der Waals surface area contributed by atoms with Gasteiger partial charge in [-0.15, -0.1) is 0 Å². The first-order valence-electron chi connectivity index (χ1n) is 12.5. The molecule has 0 spiro atoms. The first kappa shape index (κ1) is 22.4. The van der Waals surface area contributed by atoms with Crippen LogP contribution in [0.15, 0.2) is 60.8 Å². The van der Waals surface area contributed by atoms with Crippen molar-refractivity contribution in [1.82, 2.24) is 4.98 Å². The molecule has 0 saturated heterocycles. The minimum absolute atomic E-state index is 0.170. The summed E-state index contributed by atoms with van der Waals surface area (Å²) in [5, 5.41) is 13.7. The van der Waals surface area contributed by atoms with Gasteiger partial charge >= 0.3 is 5.97 Å². The Morgan fingerprint density at radius 3 is 2.29 bits per heavy atom. The van der Waals surface area contributed by atoms with Crippen LogP contribution >= 0.6 is 11.6 Å². The van der Waals surface area contributed by atoms with E-state index < -0.39 is 5.97 Å². The molecule has 0 atom stereocenters. The highest BCUT2D eigenvalue weighted by molar-refractivity contribution is 6.33. The average Bonchev–Trinajstić information content (AvgIpc) is 2.84. The SMILES string of the molecule is CN(c1ccc(Nc2ccc(C34CC5CC(CC(C5)C3)C4)cc2Cl)cc1)c1ncccc1C(=O)O. The van der Waals surface area contributed by atoms with Crippen molar-refractivity contribution >= 4 is 40.5 Å². The fourth-order valence-electron chi connectivity index (χ4n) is 7.29. The maximum atomic E-state index is 11.6. The zero-order chi connectivity index (χ0) is 24.2. The lowest BCUT2D eigenvalue weighted by Gasteiger charge is -2.57. The smallest absolute Gasteiger partial charge is 0.339 e. The van der Waals surface area contributed by atoms with Gasteiger partial charge in [0, 0.05) is 24.6 Å². The lowest BCUT2D eigenvalue weighted by Crippen LogP contribution is -2.48.